The molecule has 2 aromatic rings. The van der Waals surface area contributed by atoms with Gasteiger partial charge in [0.25, 0.3) is 0 Å². The number of fused-ring (bicyclic) bond motifs is 1. The van der Waals surface area contributed by atoms with Crippen molar-refractivity contribution in [2.24, 2.45) is 0 Å². The summed E-state index contributed by atoms with van der Waals surface area (Å²) >= 11 is 3.47. The lowest BCUT2D eigenvalue weighted by atomic mass is 9.96. The Bertz CT molecular complexity index is 817. The molecule has 1 aliphatic rings. The maximum absolute atomic E-state index is 12.5. The molecule has 0 fully saturated rings. The van der Waals surface area contributed by atoms with Gasteiger partial charge in [-0.15, -0.1) is 0 Å². The summed E-state index contributed by atoms with van der Waals surface area (Å²) in [6.45, 7) is 3.86. The first-order chi connectivity index (χ1) is 11.6. The molecule has 24 heavy (non-hydrogen) atoms. The van der Waals surface area contributed by atoms with Gasteiger partial charge in [0, 0.05) is 5.70 Å². The van der Waals surface area contributed by atoms with E-state index in [2.05, 4.69) is 36.8 Å². The Balaban J connectivity index is 2.14. The predicted molar refractivity (Wildman–Crippen MR) is 89.6 cm³/mol. The van der Waals surface area contributed by atoms with Gasteiger partial charge in [0.1, 0.15) is 11.8 Å². The summed E-state index contributed by atoms with van der Waals surface area (Å²) < 4.78 is 12.8. The number of nitrogens with one attached hydrogen (secondary N) is 1. The zero-order valence-electron chi connectivity index (χ0n) is 13.4. The van der Waals surface area contributed by atoms with Crippen LogP contribution in [0.5, 0.6) is 5.75 Å². The number of nitrogens with zero attached hydrogens (tertiary/aromatic N) is 4. The molecule has 1 aromatic heterocycles. The third-order valence-corrected chi connectivity index (χ3v) is 4.32. The van der Waals surface area contributed by atoms with Crippen LogP contribution < -0.4 is 10.1 Å². The maximum Gasteiger partial charge on any atom is 0.338 e. The number of hydrogen-bond donors (Lipinski definition) is 1. The molecule has 126 valence electrons. The fourth-order valence-corrected chi connectivity index (χ4v) is 3.20. The molecule has 0 amide bonds. The van der Waals surface area contributed by atoms with Crippen LogP contribution in [0, 0.1) is 0 Å². The van der Waals surface area contributed by atoms with E-state index < -0.39 is 12.0 Å². The van der Waals surface area contributed by atoms with Crippen LogP contribution in [0.15, 0.2) is 33.9 Å². The highest BCUT2D eigenvalue weighted by Gasteiger charge is 2.35. The van der Waals surface area contributed by atoms with E-state index in [1.54, 1.807) is 25.6 Å². The Morgan fingerprint density at radius 2 is 2.25 bits per heavy atom. The first kappa shape index (κ1) is 16.4. The number of anilines is 1. The number of tetrazole rings is 1. The van der Waals surface area contributed by atoms with Crippen LogP contribution in [0.2, 0.25) is 0 Å². The largest absolute Gasteiger partial charge is 0.496 e. The third-order valence-electron chi connectivity index (χ3n) is 3.70. The maximum atomic E-state index is 12.5. The van der Waals surface area contributed by atoms with Crippen LogP contribution >= 0.6 is 15.9 Å². The molecule has 2 heterocycles. The number of rotatable bonds is 4. The second-order valence-electron chi connectivity index (χ2n) is 5.13. The van der Waals surface area contributed by atoms with E-state index in [0.29, 0.717) is 23.0 Å². The normalized spacial score (nSPS) is 16.4. The molecular formula is C15H16BrN5O3. The summed E-state index contributed by atoms with van der Waals surface area (Å²) in [4.78, 5) is 12.5. The summed E-state index contributed by atoms with van der Waals surface area (Å²) in [5.41, 5.74) is 1.96. The number of aromatic nitrogens is 4. The van der Waals surface area contributed by atoms with Gasteiger partial charge in [-0.3, -0.25) is 0 Å². The predicted octanol–water partition coefficient (Wildman–Crippen LogP) is 2.30. The second-order valence-corrected chi connectivity index (χ2v) is 5.98. The Morgan fingerprint density at radius 1 is 1.46 bits per heavy atom. The number of benzene rings is 1. The fourth-order valence-electron chi connectivity index (χ4n) is 2.65. The molecule has 0 saturated carbocycles. The third kappa shape index (κ3) is 2.75. The van der Waals surface area contributed by atoms with Crippen LogP contribution in [-0.2, 0) is 9.53 Å². The van der Waals surface area contributed by atoms with E-state index in [0.717, 1.165) is 10.0 Å². The van der Waals surface area contributed by atoms with E-state index >= 15 is 0 Å². The van der Waals surface area contributed by atoms with Gasteiger partial charge in [-0.05, 0) is 57.9 Å². The van der Waals surface area contributed by atoms with E-state index in [4.69, 9.17) is 9.47 Å². The minimum Gasteiger partial charge on any atom is -0.496 e. The van der Waals surface area contributed by atoms with Crippen molar-refractivity contribution in [1.82, 2.24) is 20.2 Å². The minimum atomic E-state index is -0.488. The Kier molecular flexibility index (Phi) is 4.52. The van der Waals surface area contributed by atoms with Crippen molar-refractivity contribution in [3.8, 4) is 5.75 Å². The van der Waals surface area contributed by atoms with Crippen molar-refractivity contribution >= 4 is 27.8 Å². The van der Waals surface area contributed by atoms with Crippen LogP contribution in [0.4, 0.5) is 5.95 Å². The van der Waals surface area contributed by atoms with Crippen LogP contribution in [0.3, 0.4) is 0 Å². The van der Waals surface area contributed by atoms with Gasteiger partial charge in [-0.2, -0.15) is 4.68 Å². The molecule has 8 nitrogen and oxygen atoms in total. The molecule has 1 aliphatic heterocycles. The summed E-state index contributed by atoms with van der Waals surface area (Å²) in [5.74, 6) is 0.765. The SMILES string of the molecule is CCOC(=O)C1=C(C)Nc2nnnn2[C@@H]1c1ccc(OC)c(Br)c1. The van der Waals surface area contributed by atoms with Gasteiger partial charge >= 0.3 is 5.97 Å². The first-order valence-corrected chi connectivity index (χ1v) is 8.12. The summed E-state index contributed by atoms with van der Waals surface area (Å²) in [6, 6.07) is 5.09. The lowest BCUT2D eigenvalue weighted by molar-refractivity contribution is -0.139. The first-order valence-electron chi connectivity index (χ1n) is 7.33. The van der Waals surface area contributed by atoms with Gasteiger partial charge in [-0.25, -0.2) is 4.79 Å². The van der Waals surface area contributed by atoms with Crippen molar-refractivity contribution in [2.45, 2.75) is 19.9 Å². The molecule has 0 aliphatic carbocycles. The Morgan fingerprint density at radius 3 is 2.92 bits per heavy atom. The molecule has 1 atom stereocenters. The lowest BCUT2D eigenvalue weighted by Gasteiger charge is -2.27. The van der Waals surface area contributed by atoms with Crippen molar-refractivity contribution in [3.63, 3.8) is 0 Å². The summed E-state index contributed by atoms with van der Waals surface area (Å²) in [5, 5.41) is 14.7. The smallest absolute Gasteiger partial charge is 0.338 e. The van der Waals surface area contributed by atoms with Crippen LogP contribution in [0.1, 0.15) is 25.5 Å². The monoisotopic (exact) mass is 393 g/mol. The standard InChI is InChI=1S/C15H16BrN5O3/c1-4-24-14(22)12-8(2)17-15-18-19-20-21(15)13(12)9-5-6-11(23-3)10(16)7-9/h5-7,13H,4H2,1-3H3,(H,17,18,20)/t13-/m1/s1. The van der Waals surface area contributed by atoms with E-state index in [9.17, 15) is 4.79 Å². The molecular weight excluding hydrogens is 378 g/mol. The second kappa shape index (κ2) is 6.60. The molecule has 0 bridgehead atoms. The van der Waals surface area contributed by atoms with Crippen molar-refractivity contribution in [2.75, 3.05) is 19.0 Å². The highest BCUT2D eigenvalue weighted by molar-refractivity contribution is 9.10. The topological polar surface area (TPSA) is 91.2 Å². The summed E-state index contributed by atoms with van der Waals surface area (Å²) in [7, 11) is 1.60. The molecule has 0 spiro atoms. The molecule has 0 saturated heterocycles. The van der Waals surface area contributed by atoms with Crippen molar-refractivity contribution in [1.29, 1.82) is 0 Å². The van der Waals surface area contributed by atoms with Crippen molar-refractivity contribution < 1.29 is 14.3 Å². The van der Waals surface area contributed by atoms with Crippen molar-refractivity contribution in [3.05, 3.63) is 39.5 Å². The minimum absolute atomic E-state index is 0.289. The average molecular weight is 394 g/mol. The van der Waals surface area contributed by atoms with Gasteiger partial charge in [0.2, 0.25) is 5.95 Å². The number of ether oxygens (including phenoxy) is 2. The van der Waals surface area contributed by atoms with Gasteiger partial charge in [0.15, 0.2) is 0 Å². The zero-order chi connectivity index (χ0) is 17.3. The summed E-state index contributed by atoms with van der Waals surface area (Å²) in [6.07, 6.45) is 0. The number of halogens is 1. The molecule has 9 heteroatoms. The van der Waals surface area contributed by atoms with Gasteiger partial charge in [-0.1, -0.05) is 11.2 Å². The highest BCUT2D eigenvalue weighted by Crippen LogP contribution is 2.37. The highest BCUT2D eigenvalue weighted by atomic mass is 79.9. The lowest BCUT2D eigenvalue weighted by Crippen LogP contribution is -2.29. The molecule has 1 aromatic carbocycles. The average Bonchev–Trinajstić information content (AvgIpc) is 3.01. The molecule has 1 N–H and O–H groups in total. The fraction of sp³-hybridized carbons (Fsp3) is 0.333. The number of esters is 1. The quantitative estimate of drug-likeness (QED) is 0.796. The zero-order valence-corrected chi connectivity index (χ0v) is 15.0. The number of allylic oxidation sites excluding steroid dienone is 1. The number of carbonyl (C=O) groups excluding carboxylic acids is 1. The number of carbonyl (C=O) groups is 1. The van der Waals surface area contributed by atoms with E-state index in [-0.39, 0.29) is 6.61 Å². The van der Waals surface area contributed by atoms with Crippen LogP contribution in [-0.4, -0.2) is 39.9 Å². The number of methoxy groups -OCH3 is 1. The van der Waals surface area contributed by atoms with E-state index in [1.807, 2.05) is 18.2 Å². The molecule has 3 rings (SSSR count). The Labute approximate surface area is 147 Å². The van der Waals surface area contributed by atoms with E-state index in [1.165, 1.54) is 0 Å². The number of hydrogen-bond acceptors (Lipinski definition) is 7. The van der Waals surface area contributed by atoms with Gasteiger partial charge in [0.05, 0.1) is 23.8 Å². The molecule has 0 radical (unpaired) electrons. The van der Waals surface area contributed by atoms with Crippen LogP contribution in [0.25, 0.3) is 0 Å². The molecule has 0 unspecified atom stereocenters. The Hall–Kier alpha value is -2.42. The van der Waals surface area contributed by atoms with Gasteiger partial charge < -0.3 is 14.8 Å².